The predicted molar refractivity (Wildman–Crippen MR) is 133 cm³/mol. The molecule has 4 N–H and O–H groups in total. The van der Waals surface area contributed by atoms with Gasteiger partial charge in [-0.1, -0.05) is 41.3 Å². The third-order valence-electron chi connectivity index (χ3n) is 5.45. The zero-order valence-electron chi connectivity index (χ0n) is 18.5. The van der Waals surface area contributed by atoms with Crippen molar-refractivity contribution in [2.24, 2.45) is 4.99 Å². The molecular formula is C24H21ClN4O5S. The molecule has 2 atom stereocenters. The molecule has 9 nitrogen and oxygen atoms in total. The fourth-order valence-corrected chi connectivity index (χ4v) is 4.81. The summed E-state index contributed by atoms with van der Waals surface area (Å²) in [5.41, 5.74) is 3.07. The van der Waals surface area contributed by atoms with E-state index in [9.17, 15) is 15.0 Å². The summed E-state index contributed by atoms with van der Waals surface area (Å²) in [7, 11) is 0. The lowest BCUT2D eigenvalue weighted by molar-refractivity contribution is -0.140. The number of carboxylic acid groups (broad SMARTS) is 1. The maximum Gasteiger partial charge on any atom is 0.331 e. The van der Waals surface area contributed by atoms with Gasteiger partial charge in [-0.05, 0) is 36.8 Å². The van der Waals surface area contributed by atoms with E-state index >= 15 is 0 Å². The number of nitrogens with one attached hydrogen (secondary N) is 2. The number of aliphatic hydroxyl groups is 1. The first-order chi connectivity index (χ1) is 16.9. The van der Waals surface area contributed by atoms with Gasteiger partial charge in [0, 0.05) is 5.56 Å². The van der Waals surface area contributed by atoms with E-state index in [1.54, 1.807) is 6.07 Å². The van der Waals surface area contributed by atoms with Gasteiger partial charge in [-0.25, -0.2) is 9.78 Å². The molecule has 3 heterocycles. The number of pyridine rings is 1. The number of fused-ring (bicyclic) bond motifs is 2. The highest BCUT2D eigenvalue weighted by atomic mass is 35.5. The van der Waals surface area contributed by atoms with Crippen LogP contribution in [0.15, 0.2) is 53.7 Å². The molecule has 35 heavy (non-hydrogen) atoms. The maximum absolute atomic E-state index is 11.3. The number of carboxylic acids is 1. The van der Waals surface area contributed by atoms with Crippen LogP contribution >= 0.6 is 23.1 Å². The topological polar surface area (TPSA) is 129 Å². The molecule has 0 aromatic heterocycles. The summed E-state index contributed by atoms with van der Waals surface area (Å²) in [5.74, 6) is 0.840. The molecule has 0 aliphatic carbocycles. The lowest BCUT2D eigenvalue weighted by atomic mass is 10.0. The molecule has 3 aliphatic heterocycles. The van der Waals surface area contributed by atoms with Crippen LogP contribution < -0.4 is 20.1 Å². The van der Waals surface area contributed by atoms with Crippen molar-refractivity contribution in [1.29, 1.82) is 0 Å². The van der Waals surface area contributed by atoms with Crippen molar-refractivity contribution < 1.29 is 24.5 Å². The first kappa shape index (κ1) is 23.2. The van der Waals surface area contributed by atoms with Crippen molar-refractivity contribution in [1.82, 2.24) is 9.36 Å². The van der Waals surface area contributed by atoms with Crippen LogP contribution in [0.3, 0.4) is 0 Å². The molecule has 3 aliphatic rings. The van der Waals surface area contributed by atoms with Crippen LogP contribution in [-0.2, 0) is 4.79 Å². The number of H-pyrrole nitrogens is 1. The molecule has 180 valence electrons. The summed E-state index contributed by atoms with van der Waals surface area (Å²) in [6.07, 6.45) is 0.346. The quantitative estimate of drug-likeness (QED) is 0.305. The van der Waals surface area contributed by atoms with Crippen molar-refractivity contribution in [2.45, 2.75) is 19.1 Å². The first-order valence-corrected chi connectivity index (χ1v) is 12.0. The number of hydrogen-bond acceptors (Lipinski definition) is 8. The van der Waals surface area contributed by atoms with E-state index in [1.165, 1.54) is 24.7 Å². The number of ether oxygens (including phenoxy) is 2. The summed E-state index contributed by atoms with van der Waals surface area (Å²) in [4.78, 5) is 20.7. The molecule has 2 aromatic carbocycles. The number of hydrogen-bond donors (Lipinski definition) is 4. The second kappa shape index (κ2) is 9.57. The summed E-state index contributed by atoms with van der Waals surface area (Å²) >= 11 is 8.10. The van der Waals surface area contributed by atoms with E-state index in [0.29, 0.717) is 52.3 Å². The predicted octanol–water partition coefficient (Wildman–Crippen LogP) is 4.15. The minimum absolute atomic E-state index is 0.367. The largest absolute Gasteiger partial charge is 0.486 e. The lowest BCUT2D eigenvalue weighted by Gasteiger charge is -2.19. The third kappa shape index (κ3) is 4.68. The van der Waals surface area contributed by atoms with Crippen LogP contribution in [0.5, 0.6) is 11.5 Å². The summed E-state index contributed by atoms with van der Waals surface area (Å²) in [5, 5.41) is 23.1. The van der Waals surface area contributed by atoms with Crippen LogP contribution in [0.1, 0.15) is 6.92 Å². The Morgan fingerprint density at radius 2 is 2.03 bits per heavy atom. The molecule has 0 saturated carbocycles. The van der Waals surface area contributed by atoms with Crippen molar-refractivity contribution >= 4 is 40.6 Å². The molecule has 0 saturated heterocycles. The standard InChI is InChI=1S/C24H21ClN4O5S/c1-12(30)21(24(31)32)27-14-10-19-22(26-11-14)23(29-35-19)28-16-4-2-3-15(20(16)25)13-5-6-17-18(9-13)34-8-7-33-17/h2-6,9-12,21,28-30H,7-8H2,1H3,(H,31,32). The highest BCUT2D eigenvalue weighted by Gasteiger charge is 2.22. The first-order valence-electron chi connectivity index (χ1n) is 10.8. The van der Waals surface area contributed by atoms with Gasteiger partial charge in [-0.15, -0.1) is 0 Å². The summed E-state index contributed by atoms with van der Waals surface area (Å²) in [6.45, 7) is 2.42. The van der Waals surface area contributed by atoms with Gasteiger partial charge in [-0.2, -0.15) is 0 Å². The van der Waals surface area contributed by atoms with E-state index in [1.807, 2.05) is 36.4 Å². The van der Waals surface area contributed by atoms with Gasteiger partial charge in [0.1, 0.15) is 24.7 Å². The van der Waals surface area contributed by atoms with Gasteiger partial charge < -0.3 is 25.0 Å². The van der Waals surface area contributed by atoms with Crippen molar-refractivity contribution in [2.75, 3.05) is 18.5 Å². The van der Waals surface area contributed by atoms with Crippen LogP contribution in [-0.4, -0.2) is 50.9 Å². The maximum atomic E-state index is 11.3. The molecule has 2 aromatic rings. The van der Waals surface area contributed by atoms with E-state index < -0.39 is 18.1 Å². The van der Waals surface area contributed by atoms with Gasteiger partial charge >= 0.3 is 5.97 Å². The Kier molecular flexibility index (Phi) is 6.33. The van der Waals surface area contributed by atoms with Crippen LogP contribution in [0.2, 0.25) is 5.02 Å². The molecular weight excluding hydrogens is 492 g/mol. The van der Waals surface area contributed by atoms with E-state index in [0.717, 1.165) is 16.0 Å². The Hall–Kier alpha value is -3.60. The average molecular weight is 513 g/mol. The zero-order valence-corrected chi connectivity index (χ0v) is 20.1. The number of carbonyl (C=O) groups is 1. The number of nitrogens with zero attached hydrogens (tertiary/aromatic N) is 2. The van der Waals surface area contributed by atoms with Gasteiger partial charge in [0.2, 0.25) is 0 Å². The van der Waals surface area contributed by atoms with Crippen molar-refractivity contribution in [3.8, 4) is 33.2 Å². The Morgan fingerprint density at radius 1 is 1.23 bits per heavy atom. The number of aromatic amines is 1. The van der Waals surface area contributed by atoms with Gasteiger partial charge in [0.25, 0.3) is 0 Å². The molecule has 5 rings (SSSR count). The van der Waals surface area contributed by atoms with Crippen LogP contribution in [0.25, 0.3) is 21.7 Å². The average Bonchev–Trinajstić information content (AvgIpc) is 3.25. The number of anilines is 2. The number of benzene rings is 2. The van der Waals surface area contributed by atoms with Gasteiger partial charge in [0.05, 0.1) is 33.2 Å². The minimum atomic E-state index is -1.27. The van der Waals surface area contributed by atoms with Gasteiger partial charge in [-0.3, -0.25) is 9.37 Å². The SMILES string of the molecule is CC(O)C(N=c1cnc2c(Nc3cccc(-c4ccc5c(c4)OCCO5)c3Cl)[nH]sc-2c1)C(=O)O. The molecule has 2 unspecified atom stereocenters. The molecule has 11 heteroatoms. The highest BCUT2D eigenvalue weighted by Crippen LogP contribution is 2.41. The number of rotatable bonds is 6. The third-order valence-corrected chi connectivity index (χ3v) is 6.69. The molecule has 0 amide bonds. The summed E-state index contributed by atoms with van der Waals surface area (Å²) < 4.78 is 14.5. The van der Waals surface area contributed by atoms with E-state index in [2.05, 4.69) is 19.7 Å². The van der Waals surface area contributed by atoms with E-state index in [4.69, 9.17) is 21.1 Å². The zero-order chi connectivity index (χ0) is 24.5. The van der Waals surface area contributed by atoms with Crippen LogP contribution in [0.4, 0.5) is 11.5 Å². The second-order valence-electron chi connectivity index (χ2n) is 7.92. The number of halogens is 1. The molecule has 0 spiro atoms. The number of aromatic nitrogens is 2. The normalized spacial score (nSPS) is 15.1. The van der Waals surface area contributed by atoms with Crippen molar-refractivity contribution in [3.63, 3.8) is 0 Å². The monoisotopic (exact) mass is 512 g/mol. The lowest BCUT2D eigenvalue weighted by Crippen LogP contribution is -2.32. The van der Waals surface area contributed by atoms with Crippen LogP contribution in [0, 0.1) is 0 Å². The Bertz CT molecular complexity index is 1430. The minimum Gasteiger partial charge on any atom is -0.486 e. The fraction of sp³-hybridized carbons (Fsp3) is 0.208. The second-order valence-corrected chi connectivity index (χ2v) is 9.15. The summed E-state index contributed by atoms with van der Waals surface area (Å²) in [6, 6.07) is 11.9. The van der Waals surface area contributed by atoms with Gasteiger partial charge in [0.15, 0.2) is 17.5 Å². The number of aliphatic carboxylic acids is 1. The van der Waals surface area contributed by atoms with Crippen molar-refractivity contribution in [3.05, 3.63) is 59.0 Å². The fourth-order valence-electron chi connectivity index (χ4n) is 3.74. The highest BCUT2D eigenvalue weighted by molar-refractivity contribution is 7.10. The molecule has 0 bridgehead atoms. The molecule has 0 radical (unpaired) electrons. The Morgan fingerprint density at radius 3 is 2.80 bits per heavy atom. The smallest absolute Gasteiger partial charge is 0.331 e. The Balaban J connectivity index is 1.44. The molecule has 0 fully saturated rings. The number of aliphatic hydroxyl groups excluding tert-OH is 1. The Labute approximate surface area is 209 Å². The van der Waals surface area contributed by atoms with E-state index in [-0.39, 0.29) is 0 Å².